The summed E-state index contributed by atoms with van der Waals surface area (Å²) in [5.74, 6) is 1.66. The van der Waals surface area contributed by atoms with Crippen LogP contribution in [0.15, 0.2) is 30.3 Å². The molecule has 7 nitrogen and oxygen atoms in total. The molecule has 2 N–H and O–H groups in total. The van der Waals surface area contributed by atoms with Gasteiger partial charge in [-0.2, -0.15) is 0 Å². The van der Waals surface area contributed by atoms with Crippen LogP contribution in [0.1, 0.15) is 24.5 Å². The fourth-order valence-electron chi connectivity index (χ4n) is 2.69. The van der Waals surface area contributed by atoms with Crippen LogP contribution < -0.4 is 24.3 Å². The fraction of sp³-hybridized carbons (Fsp3) is 0.350. The first-order chi connectivity index (χ1) is 13.4. The van der Waals surface area contributed by atoms with Crippen molar-refractivity contribution in [2.75, 3.05) is 33.8 Å². The Morgan fingerprint density at radius 1 is 1.00 bits per heavy atom. The van der Waals surface area contributed by atoms with Crippen LogP contribution in [0.3, 0.4) is 0 Å². The molecule has 2 aromatic carbocycles. The summed E-state index contributed by atoms with van der Waals surface area (Å²) in [7, 11) is 6.03. The maximum absolute atomic E-state index is 12.4. The molecule has 8 heteroatoms. The zero-order valence-corrected chi connectivity index (χ0v) is 17.0. The topological polar surface area (TPSA) is 86.3 Å². The van der Waals surface area contributed by atoms with E-state index in [1.807, 2.05) is 0 Å². The van der Waals surface area contributed by atoms with Crippen LogP contribution >= 0.6 is 11.6 Å². The molecule has 0 aliphatic rings. The first-order valence-electron chi connectivity index (χ1n) is 8.54. The van der Waals surface area contributed by atoms with E-state index in [2.05, 4.69) is 5.32 Å². The van der Waals surface area contributed by atoms with E-state index >= 15 is 0 Å². The Morgan fingerprint density at radius 2 is 1.68 bits per heavy atom. The SMILES string of the molecule is COc1ccc(C(O)CCC(=O)Nc2cc(OC)c(Cl)cc2OC)c(OC)c1. The molecule has 0 heterocycles. The molecule has 0 saturated carbocycles. The number of anilines is 1. The summed E-state index contributed by atoms with van der Waals surface area (Å²) in [6.07, 6.45) is -0.570. The largest absolute Gasteiger partial charge is 0.497 e. The summed E-state index contributed by atoms with van der Waals surface area (Å²) in [5.41, 5.74) is 1.02. The van der Waals surface area contributed by atoms with Crippen molar-refractivity contribution in [1.82, 2.24) is 0 Å². The third-order valence-electron chi connectivity index (χ3n) is 4.19. The number of halogens is 1. The lowest BCUT2D eigenvalue weighted by Crippen LogP contribution is -2.14. The van der Waals surface area contributed by atoms with Gasteiger partial charge in [-0.1, -0.05) is 11.6 Å². The van der Waals surface area contributed by atoms with E-state index in [-0.39, 0.29) is 18.7 Å². The molecule has 28 heavy (non-hydrogen) atoms. The smallest absolute Gasteiger partial charge is 0.224 e. The fourth-order valence-corrected chi connectivity index (χ4v) is 2.92. The average molecular weight is 410 g/mol. The van der Waals surface area contributed by atoms with Crippen LogP contribution in [-0.2, 0) is 4.79 Å². The molecule has 0 aliphatic heterocycles. The minimum Gasteiger partial charge on any atom is -0.497 e. The van der Waals surface area contributed by atoms with Crippen molar-refractivity contribution in [3.05, 3.63) is 40.9 Å². The highest BCUT2D eigenvalue weighted by atomic mass is 35.5. The van der Waals surface area contributed by atoms with Gasteiger partial charge in [0.15, 0.2) is 0 Å². The Kier molecular flexibility index (Phi) is 7.78. The van der Waals surface area contributed by atoms with E-state index in [1.165, 1.54) is 21.3 Å². The zero-order chi connectivity index (χ0) is 20.7. The van der Waals surface area contributed by atoms with E-state index in [0.717, 1.165) is 0 Å². The Labute approximate surface area is 169 Å². The van der Waals surface area contributed by atoms with Gasteiger partial charge in [-0.25, -0.2) is 0 Å². The maximum atomic E-state index is 12.4. The number of ether oxygens (including phenoxy) is 4. The Hall–Kier alpha value is -2.64. The summed E-state index contributed by atoms with van der Waals surface area (Å²) < 4.78 is 20.8. The van der Waals surface area contributed by atoms with Crippen molar-refractivity contribution in [2.45, 2.75) is 18.9 Å². The number of aliphatic hydroxyl groups excluding tert-OH is 1. The lowest BCUT2D eigenvalue weighted by Gasteiger charge is -2.16. The number of carbonyl (C=O) groups is 1. The standard InChI is InChI=1S/C20H24ClNO6/c1-25-12-5-6-13(17(9-12)26-2)16(23)7-8-20(24)22-15-11-18(27-3)14(21)10-19(15)28-4/h5-6,9-11,16,23H,7-8H2,1-4H3,(H,22,24). The first-order valence-corrected chi connectivity index (χ1v) is 8.92. The van der Waals surface area contributed by atoms with Gasteiger partial charge >= 0.3 is 0 Å². The number of benzene rings is 2. The molecule has 0 radical (unpaired) electrons. The quantitative estimate of drug-likeness (QED) is 0.654. The number of amides is 1. The van der Waals surface area contributed by atoms with E-state index < -0.39 is 6.10 Å². The minimum atomic E-state index is -0.867. The normalized spacial score (nSPS) is 11.5. The molecule has 2 aromatic rings. The van der Waals surface area contributed by atoms with Gasteiger partial charge in [-0.3, -0.25) is 4.79 Å². The average Bonchev–Trinajstić information content (AvgIpc) is 2.72. The van der Waals surface area contributed by atoms with Gasteiger partial charge in [0, 0.05) is 30.2 Å². The minimum absolute atomic E-state index is 0.0877. The van der Waals surface area contributed by atoms with E-state index in [4.69, 9.17) is 30.5 Å². The highest BCUT2D eigenvalue weighted by Gasteiger charge is 2.17. The number of hydrogen-bond donors (Lipinski definition) is 2. The van der Waals surface area contributed by atoms with Crippen LogP contribution in [-0.4, -0.2) is 39.5 Å². The van der Waals surface area contributed by atoms with Gasteiger partial charge in [-0.05, 0) is 18.6 Å². The van der Waals surface area contributed by atoms with Crippen molar-refractivity contribution in [3.63, 3.8) is 0 Å². The van der Waals surface area contributed by atoms with Gasteiger partial charge in [0.1, 0.15) is 23.0 Å². The van der Waals surface area contributed by atoms with Crippen molar-refractivity contribution < 1.29 is 28.8 Å². The number of carbonyl (C=O) groups excluding carboxylic acids is 1. The summed E-state index contributed by atoms with van der Waals surface area (Å²) in [6.45, 7) is 0. The molecule has 0 aliphatic carbocycles. The highest BCUT2D eigenvalue weighted by molar-refractivity contribution is 6.32. The summed E-state index contributed by atoms with van der Waals surface area (Å²) in [4.78, 5) is 12.4. The number of rotatable bonds is 9. The molecule has 0 fully saturated rings. The van der Waals surface area contributed by atoms with Gasteiger partial charge in [-0.15, -0.1) is 0 Å². The number of nitrogens with one attached hydrogen (secondary N) is 1. The number of aliphatic hydroxyl groups is 1. The van der Waals surface area contributed by atoms with Gasteiger partial charge < -0.3 is 29.4 Å². The van der Waals surface area contributed by atoms with Crippen molar-refractivity contribution in [1.29, 1.82) is 0 Å². The van der Waals surface area contributed by atoms with E-state index in [0.29, 0.717) is 39.3 Å². The molecule has 1 unspecified atom stereocenters. The number of hydrogen-bond acceptors (Lipinski definition) is 6. The molecule has 1 atom stereocenters. The Balaban J connectivity index is 2.05. The molecule has 0 spiro atoms. The highest BCUT2D eigenvalue weighted by Crippen LogP contribution is 2.36. The van der Waals surface area contributed by atoms with Crippen molar-refractivity contribution >= 4 is 23.2 Å². The third kappa shape index (κ3) is 5.21. The summed E-state index contributed by atoms with van der Waals surface area (Å²) in [5, 5.41) is 13.6. The second-order valence-corrected chi connectivity index (χ2v) is 6.30. The second kappa shape index (κ2) is 10.1. The maximum Gasteiger partial charge on any atom is 0.224 e. The van der Waals surface area contributed by atoms with Crippen LogP contribution in [0, 0.1) is 0 Å². The molecule has 0 aromatic heterocycles. The Morgan fingerprint density at radius 3 is 2.29 bits per heavy atom. The van der Waals surface area contributed by atoms with Gasteiger partial charge in [0.2, 0.25) is 5.91 Å². The number of methoxy groups -OCH3 is 4. The van der Waals surface area contributed by atoms with Crippen molar-refractivity contribution in [3.8, 4) is 23.0 Å². The van der Waals surface area contributed by atoms with Crippen LogP contribution in [0.25, 0.3) is 0 Å². The molecule has 1 amide bonds. The van der Waals surface area contributed by atoms with E-state index in [9.17, 15) is 9.90 Å². The second-order valence-electron chi connectivity index (χ2n) is 5.90. The predicted octanol–water partition coefficient (Wildman–Crippen LogP) is 3.83. The van der Waals surface area contributed by atoms with Gasteiger partial charge in [0.05, 0.1) is 45.3 Å². The van der Waals surface area contributed by atoms with Gasteiger partial charge in [0.25, 0.3) is 0 Å². The molecule has 0 saturated heterocycles. The third-order valence-corrected chi connectivity index (χ3v) is 4.49. The first kappa shape index (κ1) is 21.7. The van der Waals surface area contributed by atoms with Crippen LogP contribution in [0.5, 0.6) is 23.0 Å². The summed E-state index contributed by atoms with van der Waals surface area (Å²) in [6, 6.07) is 8.28. The molecule has 2 rings (SSSR count). The zero-order valence-electron chi connectivity index (χ0n) is 16.2. The van der Waals surface area contributed by atoms with Crippen LogP contribution in [0.4, 0.5) is 5.69 Å². The molecule has 0 bridgehead atoms. The Bertz CT molecular complexity index is 827. The predicted molar refractivity (Wildman–Crippen MR) is 107 cm³/mol. The lowest BCUT2D eigenvalue weighted by molar-refractivity contribution is -0.116. The lowest BCUT2D eigenvalue weighted by atomic mass is 10.0. The molecular weight excluding hydrogens is 386 g/mol. The molecular formula is C20H24ClNO6. The summed E-state index contributed by atoms with van der Waals surface area (Å²) >= 11 is 6.07. The molecule has 152 valence electrons. The van der Waals surface area contributed by atoms with Crippen LogP contribution in [0.2, 0.25) is 5.02 Å². The monoisotopic (exact) mass is 409 g/mol. The van der Waals surface area contributed by atoms with Crippen molar-refractivity contribution in [2.24, 2.45) is 0 Å². The van der Waals surface area contributed by atoms with E-state index in [1.54, 1.807) is 37.4 Å².